The lowest BCUT2D eigenvalue weighted by molar-refractivity contribution is 0.112. The Bertz CT molecular complexity index is 838. The van der Waals surface area contributed by atoms with Crippen molar-refractivity contribution in [2.45, 2.75) is 39.0 Å². The number of aldehydes is 1. The van der Waals surface area contributed by atoms with Gasteiger partial charge in [-0.05, 0) is 30.7 Å². The Morgan fingerprint density at radius 2 is 1.63 bits per heavy atom. The van der Waals surface area contributed by atoms with Crippen molar-refractivity contribution in [3.05, 3.63) is 59.5 Å². The molecule has 0 atom stereocenters. The van der Waals surface area contributed by atoms with Crippen LogP contribution in [-0.2, 0) is 0 Å². The van der Waals surface area contributed by atoms with Crippen LogP contribution in [0.1, 0.15) is 49.4 Å². The van der Waals surface area contributed by atoms with E-state index in [1.165, 1.54) is 25.7 Å². The molecule has 4 heteroatoms. The predicted octanol–water partition coefficient (Wildman–Crippen LogP) is 6.64. The topological polar surface area (TPSA) is 39.2 Å². The second-order valence-electron chi connectivity index (χ2n) is 6.56. The lowest BCUT2D eigenvalue weighted by Gasteiger charge is -2.06. The molecule has 0 saturated heterocycles. The van der Waals surface area contributed by atoms with Crippen LogP contribution in [0.25, 0.3) is 21.8 Å². The highest BCUT2D eigenvalue weighted by molar-refractivity contribution is 7.13. The highest BCUT2D eigenvalue weighted by atomic mass is 32.1. The van der Waals surface area contributed by atoms with Crippen LogP contribution in [-0.4, -0.2) is 17.9 Å². The van der Waals surface area contributed by atoms with E-state index in [9.17, 15) is 4.79 Å². The Balaban J connectivity index is 1.57. The van der Waals surface area contributed by atoms with E-state index in [0.29, 0.717) is 5.56 Å². The summed E-state index contributed by atoms with van der Waals surface area (Å²) >= 11 is 1.62. The van der Waals surface area contributed by atoms with Gasteiger partial charge in [0, 0.05) is 22.1 Å². The second-order valence-corrected chi connectivity index (χ2v) is 7.42. The van der Waals surface area contributed by atoms with Crippen LogP contribution in [0.15, 0.2) is 53.9 Å². The van der Waals surface area contributed by atoms with Gasteiger partial charge >= 0.3 is 0 Å². The molecule has 0 aliphatic carbocycles. The summed E-state index contributed by atoms with van der Waals surface area (Å²) in [5.41, 5.74) is 3.71. The quantitative estimate of drug-likeness (QED) is 0.293. The van der Waals surface area contributed by atoms with Gasteiger partial charge in [0.2, 0.25) is 0 Å². The molecule has 0 spiro atoms. The zero-order chi connectivity index (χ0) is 18.9. The number of carbonyl (C=O) groups excluding carboxylic acids is 1. The first kappa shape index (κ1) is 19.3. The van der Waals surface area contributed by atoms with Crippen LogP contribution in [0, 0.1) is 0 Å². The van der Waals surface area contributed by atoms with E-state index in [2.05, 4.69) is 19.1 Å². The van der Waals surface area contributed by atoms with Crippen LogP contribution in [0.2, 0.25) is 0 Å². The molecule has 0 unspecified atom stereocenters. The van der Waals surface area contributed by atoms with Gasteiger partial charge < -0.3 is 4.74 Å². The fraction of sp³-hybridized carbons (Fsp3) is 0.304. The molecule has 0 radical (unpaired) electrons. The van der Waals surface area contributed by atoms with Gasteiger partial charge in [0.15, 0.2) is 0 Å². The van der Waals surface area contributed by atoms with Gasteiger partial charge in [0.1, 0.15) is 17.0 Å². The maximum atomic E-state index is 10.8. The van der Waals surface area contributed by atoms with E-state index in [-0.39, 0.29) is 0 Å². The molecule has 1 heterocycles. The lowest BCUT2D eigenvalue weighted by Crippen LogP contribution is -1.97. The molecule has 0 aliphatic rings. The number of ether oxygens (including phenoxy) is 1. The molecule has 3 nitrogen and oxygen atoms in total. The molecular formula is C23H25NO2S. The smallest absolute Gasteiger partial charge is 0.150 e. The summed E-state index contributed by atoms with van der Waals surface area (Å²) in [6, 6.07) is 15.6. The highest BCUT2D eigenvalue weighted by Gasteiger charge is 2.07. The minimum Gasteiger partial charge on any atom is -0.494 e. The predicted molar refractivity (Wildman–Crippen MR) is 113 cm³/mol. The van der Waals surface area contributed by atoms with Crippen molar-refractivity contribution in [3.63, 3.8) is 0 Å². The molecule has 0 aliphatic heterocycles. The molecule has 27 heavy (non-hydrogen) atoms. The lowest BCUT2D eigenvalue weighted by atomic mass is 10.1. The van der Waals surface area contributed by atoms with Crippen molar-refractivity contribution in [2.24, 2.45) is 0 Å². The zero-order valence-corrected chi connectivity index (χ0v) is 16.5. The van der Waals surface area contributed by atoms with Gasteiger partial charge in [-0.2, -0.15) is 0 Å². The van der Waals surface area contributed by atoms with Crippen LogP contribution < -0.4 is 4.74 Å². The van der Waals surface area contributed by atoms with Gasteiger partial charge in [-0.15, -0.1) is 11.3 Å². The van der Waals surface area contributed by atoms with Gasteiger partial charge in [-0.1, -0.05) is 56.9 Å². The average molecular weight is 380 g/mol. The Hall–Kier alpha value is -2.46. The first-order valence-corrected chi connectivity index (χ1v) is 10.4. The third-order valence-electron chi connectivity index (χ3n) is 4.46. The molecule has 2 aromatic carbocycles. The number of hydrogen-bond donors (Lipinski definition) is 0. The Morgan fingerprint density at radius 1 is 0.926 bits per heavy atom. The molecule has 3 rings (SSSR count). The highest BCUT2D eigenvalue weighted by Crippen LogP contribution is 2.30. The number of rotatable bonds is 10. The molecule has 0 fully saturated rings. The third kappa shape index (κ3) is 5.51. The SMILES string of the molecule is CCCCCCCOc1ccc(-c2nc(-c3ccc(C=O)cc3)cs2)cc1. The molecule has 1 aromatic heterocycles. The first-order chi connectivity index (χ1) is 13.3. The third-order valence-corrected chi connectivity index (χ3v) is 5.36. The number of carbonyl (C=O) groups is 1. The van der Waals surface area contributed by atoms with Crippen molar-refractivity contribution < 1.29 is 9.53 Å². The maximum absolute atomic E-state index is 10.8. The second kappa shape index (κ2) is 10.0. The summed E-state index contributed by atoms with van der Waals surface area (Å²) in [5.74, 6) is 0.912. The largest absolute Gasteiger partial charge is 0.494 e. The van der Waals surface area contributed by atoms with Crippen LogP contribution in [0.3, 0.4) is 0 Å². The summed E-state index contributed by atoms with van der Waals surface area (Å²) in [5, 5.41) is 3.03. The van der Waals surface area contributed by atoms with E-state index in [1.807, 2.05) is 41.8 Å². The molecule has 0 N–H and O–H groups in total. The van der Waals surface area contributed by atoms with Crippen LogP contribution in [0.5, 0.6) is 5.75 Å². The Labute approximate surface area is 165 Å². The van der Waals surface area contributed by atoms with E-state index in [0.717, 1.165) is 46.9 Å². The monoisotopic (exact) mass is 379 g/mol. The molecule has 0 saturated carbocycles. The minimum absolute atomic E-state index is 0.676. The van der Waals surface area contributed by atoms with Gasteiger partial charge in [-0.25, -0.2) is 4.98 Å². The maximum Gasteiger partial charge on any atom is 0.150 e. The molecule has 140 valence electrons. The van der Waals surface area contributed by atoms with Crippen molar-refractivity contribution >= 4 is 17.6 Å². The number of hydrogen-bond acceptors (Lipinski definition) is 4. The number of nitrogens with zero attached hydrogens (tertiary/aromatic N) is 1. The van der Waals surface area contributed by atoms with Crippen molar-refractivity contribution in [2.75, 3.05) is 6.61 Å². The molecule has 0 amide bonds. The van der Waals surface area contributed by atoms with Gasteiger partial charge in [0.05, 0.1) is 12.3 Å². The fourth-order valence-electron chi connectivity index (χ4n) is 2.86. The van der Waals surface area contributed by atoms with E-state index < -0.39 is 0 Å². The van der Waals surface area contributed by atoms with Crippen LogP contribution >= 0.6 is 11.3 Å². The standard InChI is InChI=1S/C23H25NO2S/c1-2-3-4-5-6-15-26-21-13-11-20(12-14-21)23-24-22(17-27-23)19-9-7-18(16-25)8-10-19/h7-14,16-17H,2-6,15H2,1H3. The fourth-order valence-corrected chi connectivity index (χ4v) is 3.70. The van der Waals surface area contributed by atoms with Crippen LogP contribution in [0.4, 0.5) is 0 Å². The molecule has 0 bridgehead atoms. The number of unbranched alkanes of at least 4 members (excludes halogenated alkanes) is 4. The Morgan fingerprint density at radius 3 is 2.33 bits per heavy atom. The Kier molecular flexibility index (Phi) is 7.17. The summed E-state index contributed by atoms with van der Waals surface area (Å²) in [7, 11) is 0. The van der Waals surface area contributed by atoms with E-state index >= 15 is 0 Å². The van der Waals surface area contributed by atoms with Gasteiger partial charge in [0.25, 0.3) is 0 Å². The summed E-state index contributed by atoms with van der Waals surface area (Å²) in [6.07, 6.45) is 7.08. The average Bonchev–Trinajstić information content (AvgIpc) is 3.21. The van der Waals surface area contributed by atoms with E-state index in [1.54, 1.807) is 11.3 Å². The van der Waals surface area contributed by atoms with Crippen molar-refractivity contribution in [3.8, 4) is 27.6 Å². The normalized spacial score (nSPS) is 10.7. The minimum atomic E-state index is 0.676. The van der Waals surface area contributed by atoms with Crippen molar-refractivity contribution in [1.82, 2.24) is 4.98 Å². The number of benzene rings is 2. The number of thiazole rings is 1. The molecule has 3 aromatic rings. The zero-order valence-electron chi connectivity index (χ0n) is 15.7. The van der Waals surface area contributed by atoms with Gasteiger partial charge in [-0.3, -0.25) is 4.79 Å². The number of aromatic nitrogens is 1. The summed E-state index contributed by atoms with van der Waals surface area (Å²) in [6.45, 7) is 3.01. The first-order valence-electron chi connectivity index (χ1n) is 9.54. The van der Waals surface area contributed by atoms with Crippen molar-refractivity contribution in [1.29, 1.82) is 0 Å². The van der Waals surface area contributed by atoms with E-state index in [4.69, 9.17) is 9.72 Å². The summed E-state index contributed by atoms with van der Waals surface area (Å²) < 4.78 is 5.83. The summed E-state index contributed by atoms with van der Waals surface area (Å²) in [4.78, 5) is 15.5. The molecular weight excluding hydrogens is 354 g/mol.